The molecule has 0 radical (unpaired) electrons. The number of nitrogens with zero attached hydrogens (tertiary/aromatic N) is 3. The lowest BCUT2D eigenvalue weighted by Crippen LogP contribution is -2.39. The van der Waals surface area contributed by atoms with Crippen LogP contribution in [0.4, 0.5) is 5.82 Å². The van der Waals surface area contributed by atoms with Crippen LogP contribution in [0.3, 0.4) is 0 Å². The van der Waals surface area contributed by atoms with Crippen molar-refractivity contribution in [2.75, 3.05) is 38.6 Å². The van der Waals surface area contributed by atoms with E-state index in [1.54, 1.807) is 6.20 Å². The van der Waals surface area contributed by atoms with Gasteiger partial charge in [-0.3, -0.25) is 9.69 Å². The van der Waals surface area contributed by atoms with Gasteiger partial charge in [-0.25, -0.2) is 4.98 Å². The number of aromatic nitrogens is 1. The summed E-state index contributed by atoms with van der Waals surface area (Å²) >= 11 is 0. The largest absolute Gasteiger partial charge is 0.362 e. The quantitative estimate of drug-likeness (QED) is 0.828. The second kappa shape index (κ2) is 9.69. The molecule has 1 fully saturated rings. The number of amides is 1. The van der Waals surface area contributed by atoms with E-state index in [-0.39, 0.29) is 11.9 Å². The smallest absolute Gasteiger partial charge is 0.255 e. The first-order chi connectivity index (χ1) is 13.6. The first-order valence-corrected chi connectivity index (χ1v) is 10.3. The molecule has 1 aromatic carbocycles. The van der Waals surface area contributed by atoms with E-state index in [2.05, 4.69) is 46.4 Å². The third kappa shape index (κ3) is 5.10. The Labute approximate surface area is 168 Å². The number of aryl methyl sites for hydroxylation is 1. The van der Waals surface area contributed by atoms with Crippen LogP contribution < -0.4 is 10.2 Å². The molecule has 1 atom stereocenters. The summed E-state index contributed by atoms with van der Waals surface area (Å²) in [5.41, 5.74) is 3.14. The van der Waals surface area contributed by atoms with Crippen LogP contribution in [0.5, 0.6) is 0 Å². The second-order valence-electron chi connectivity index (χ2n) is 7.86. The lowest BCUT2D eigenvalue weighted by molar-refractivity contribution is 0.0933. The van der Waals surface area contributed by atoms with Crippen molar-refractivity contribution in [2.24, 2.45) is 0 Å². The van der Waals surface area contributed by atoms with E-state index >= 15 is 0 Å². The van der Waals surface area contributed by atoms with E-state index in [4.69, 9.17) is 0 Å². The third-order valence-electron chi connectivity index (χ3n) is 5.45. The summed E-state index contributed by atoms with van der Waals surface area (Å²) in [4.78, 5) is 21.7. The minimum Gasteiger partial charge on any atom is -0.362 e. The van der Waals surface area contributed by atoms with Gasteiger partial charge in [0.2, 0.25) is 0 Å². The highest BCUT2D eigenvalue weighted by Gasteiger charge is 2.23. The summed E-state index contributed by atoms with van der Waals surface area (Å²) in [6.45, 7) is 4.88. The Morgan fingerprint density at radius 3 is 2.43 bits per heavy atom. The lowest BCUT2D eigenvalue weighted by Gasteiger charge is -2.31. The predicted molar refractivity (Wildman–Crippen MR) is 115 cm³/mol. The van der Waals surface area contributed by atoms with Gasteiger partial charge in [-0.1, -0.05) is 42.7 Å². The number of nitrogens with one attached hydrogen (secondary N) is 1. The van der Waals surface area contributed by atoms with E-state index in [1.165, 1.54) is 36.8 Å². The molecule has 28 heavy (non-hydrogen) atoms. The van der Waals surface area contributed by atoms with Gasteiger partial charge in [0.25, 0.3) is 5.91 Å². The number of pyridine rings is 1. The summed E-state index contributed by atoms with van der Waals surface area (Å²) in [7, 11) is 3.82. The van der Waals surface area contributed by atoms with Crippen LogP contribution in [0.25, 0.3) is 0 Å². The maximum Gasteiger partial charge on any atom is 0.255 e. The highest BCUT2D eigenvalue weighted by Crippen LogP contribution is 2.24. The Morgan fingerprint density at radius 1 is 1.11 bits per heavy atom. The summed E-state index contributed by atoms with van der Waals surface area (Å²) in [6, 6.07) is 12.6. The zero-order valence-electron chi connectivity index (χ0n) is 17.3. The van der Waals surface area contributed by atoms with Gasteiger partial charge in [0.05, 0.1) is 11.6 Å². The van der Waals surface area contributed by atoms with Crippen LogP contribution in [0.2, 0.25) is 0 Å². The minimum absolute atomic E-state index is 0.0660. The highest BCUT2D eigenvalue weighted by molar-refractivity contribution is 5.98. The van der Waals surface area contributed by atoms with Gasteiger partial charge < -0.3 is 10.2 Å². The maximum absolute atomic E-state index is 12.9. The number of likely N-dealkylation sites (tertiary alicyclic amines) is 1. The summed E-state index contributed by atoms with van der Waals surface area (Å²) in [5.74, 6) is 0.630. The van der Waals surface area contributed by atoms with E-state index < -0.39 is 0 Å². The van der Waals surface area contributed by atoms with Crippen molar-refractivity contribution >= 4 is 11.7 Å². The monoisotopic (exact) mass is 380 g/mol. The highest BCUT2D eigenvalue weighted by atomic mass is 16.1. The SMILES string of the molecule is Cc1ccc(C(CNC(=O)c2cccnc2N(C)C)N2CCCCCC2)cc1. The van der Waals surface area contributed by atoms with E-state index in [0.29, 0.717) is 17.9 Å². The minimum atomic E-state index is -0.0660. The van der Waals surface area contributed by atoms with Crippen molar-refractivity contribution in [1.82, 2.24) is 15.2 Å². The van der Waals surface area contributed by atoms with Crippen LogP contribution in [0.1, 0.15) is 53.2 Å². The maximum atomic E-state index is 12.9. The molecule has 5 heteroatoms. The second-order valence-corrected chi connectivity index (χ2v) is 7.86. The number of benzene rings is 1. The Hall–Kier alpha value is -2.40. The van der Waals surface area contributed by atoms with Gasteiger partial charge in [-0.15, -0.1) is 0 Å². The molecule has 2 aromatic rings. The Balaban J connectivity index is 1.77. The molecule has 0 spiro atoms. The molecule has 3 rings (SSSR count). The van der Waals surface area contributed by atoms with Crippen LogP contribution in [0.15, 0.2) is 42.6 Å². The number of hydrogen-bond donors (Lipinski definition) is 1. The number of rotatable bonds is 6. The molecular weight excluding hydrogens is 348 g/mol. The lowest BCUT2D eigenvalue weighted by atomic mass is 10.0. The molecular formula is C23H32N4O. The van der Waals surface area contributed by atoms with Crippen LogP contribution >= 0.6 is 0 Å². The third-order valence-corrected chi connectivity index (χ3v) is 5.45. The zero-order valence-corrected chi connectivity index (χ0v) is 17.3. The average molecular weight is 381 g/mol. The van der Waals surface area contributed by atoms with E-state index in [1.807, 2.05) is 31.1 Å². The average Bonchev–Trinajstić information content (AvgIpc) is 2.98. The number of carbonyl (C=O) groups is 1. The Morgan fingerprint density at radius 2 is 1.79 bits per heavy atom. The molecule has 0 saturated carbocycles. The topological polar surface area (TPSA) is 48.5 Å². The van der Waals surface area contributed by atoms with Crippen molar-refractivity contribution in [3.63, 3.8) is 0 Å². The van der Waals surface area contributed by atoms with E-state index in [0.717, 1.165) is 13.1 Å². The fourth-order valence-electron chi connectivity index (χ4n) is 3.87. The first-order valence-electron chi connectivity index (χ1n) is 10.3. The van der Waals surface area contributed by atoms with Crippen molar-refractivity contribution in [3.05, 3.63) is 59.3 Å². The predicted octanol–water partition coefficient (Wildman–Crippen LogP) is 3.80. The van der Waals surface area contributed by atoms with Crippen LogP contribution in [-0.4, -0.2) is 49.5 Å². The van der Waals surface area contributed by atoms with Crippen LogP contribution in [-0.2, 0) is 0 Å². The van der Waals surface area contributed by atoms with Gasteiger partial charge in [0.15, 0.2) is 0 Å². The molecule has 1 N–H and O–H groups in total. The number of hydrogen-bond acceptors (Lipinski definition) is 4. The van der Waals surface area contributed by atoms with Crippen molar-refractivity contribution < 1.29 is 4.79 Å². The molecule has 1 unspecified atom stereocenters. The number of carbonyl (C=O) groups excluding carboxylic acids is 1. The van der Waals surface area contributed by atoms with Gasteiger partial charge >= 0.3 is 0 Å². The molecule has 150 valence electrons. The summed E-state index contributed by atoms with van der Waals surface area (Å²) in [6.07, 6.45) is 6.77. The summed E-state index contributed by atoms with van der Waals surface area (Å²) in [5, 5.41) is 3.18. The van der Waals surface area contributed by atoms with Gasteiger partial charge in [-0.2, -0.15) is 0 Å². The fourth-order valence-corrected chi connectivity index (χ4v) is 3.87. The molecule has 1 aliphatic heterocycles. The van der Waals surface area contributed by atoms with Crippen molar-refractivity contribution in [1.29, 1.82) is 0 Å². The molecule has 0 bridgehead atoms. The molecule has 0 aliphatic carbocycles. The molecule has 5 nitrogen and oxygen atoms in total. The Kier molecular flexibility index (Phi) is 7.04. The summed E-state index contributed by atoms with van der Waals surface area (Å²) < 4.78 is 0. The molecule has 1 aliphatic rings. The van der Waals surface area contributed by atoms with Gasteiger partial charge in [0, 0.05) is 26.8 Å². The molecule has 1 saturated heterocycles. The normalized spacial score (nSPS) is 16.2. The Bertz CT molecular complexity index is 764. The van der Waals surface area contributed by atoms with Crippen LogP contribution in [0, 0.1) is 6.92 Å². The van der Waals surface area contributed by atoms with E-state index in [9.17, 15) is 4.79 Å². The van der Waals surface area contributed by atoms with Gasteiger partial charge in [0.1, 0.15) is 5.82 Å². The van der Waals surface area contributed by atoms with Crippen molar-refractivity contribution in [3.8, 4) is 0 Å². The zero-order chi connectivity index (χ0) is 19.9. The first kappa shape index (κ1) is 20.3. The fraction of sp³-hybridized carbons (Fsp3) is 0.478. The standard InChI is InChI=1S/C23H32N4O/c1-18-10-12-19(13-11-18)21(27-15-6-4-5-7-16-27)17-25-23(28)20-9-8-14-24-22(20)26(2)3/h8-14,21H,4-7,15-17H2,1-3H3,(H,25,28). The molecule has 1 amide bonds. The number of anilines is 1. The molecule has 1 aromatic heterocycles. The van der Waals surface area contributed by atoms with Crippen molar-refractivity contribution in [2.45, 2.75) is 38.6 Å². The molecule has 2 heterocycles. The van der Waals surface area contributed by atoms with Gasteiger partial charge in [-0.05, 0) is 50.6 Å².